The highest BCUT2D eigenvalue weighted by atomic mass is 35.5. The van der Waals surface area contributed by atoms with Crippen LogP contribution in [0.3, 0.4) is 0 Å². The zero-order valence-corrected chi connectivity index (χ0v) is 17.1. The number of nitrogens with one attached hydrogen (secondary N) is 2. The van der Waals surface area contributed by atoms with Gasteiger partial charge in [0.2, 0.25) is 0 Å². The molecular weight excluding hydrogens is 415 g/mol. The Bertz CT molecular complexity index is 915. The lowest BCUT2D eigenvalue weighted by Crippen LogP contribution is -2.38. The standard InChI is InChI=1S/C21H20Cl2N2O4/c1-13(25-20(26)12-28-17-5-2-15(22)3-6-17)8-9-24-21(27)19-11-14-10-16(23)4-7-18(14)29-19/h2-7,10,19H,1,8-9,11-12H2,(H,24,27)(H,25,26). The molecule has 1 unspecified atom stereocenters. The van der Waals surface area contributed by atoms with E-state index < -0.39 is 6.10 Å². The van der Waals surface area contributed by atoms with Crippen LogP contribution in [0.25, 0.3) is 0 Å². The normalized spacial score (nSPS) is 14.5. The van der Waals surface area contributed by atoms with Gasteiger partial charge in [-0.1, -0.05) is 29.8 Å². The zero-order chi connectivity index (χ0) is 20.8. The van der Waals surface area contributed by atoms with Crippen LogP contribution in [0.15, 0.2) is 54.7 Å². The lowest BCUT2D eigenvalue weighted by atomic mass is 10.1. The van der Waals surface area contributed by atoms with E-state index in [4.69, 9.17) is 32.7 Å². The highest BCUT2D eigenvalue weighted by Crippen LogP contribution is 2.31. The van der Waals surface area contributed by atoms with Gasteiger partial charge in [0.05, 0.1) is 0 Å². The molecule has 29 heavy (non-hydrogen) atoms. The number of ether oxygens (including phenoxy) is 2. The Labute approximate surface area is 178 Å². The van der Waals surface area contributed by atoms with E-state index in [1.807, 2.05) is 0 Å². The third-order valence-electron chi connectivity index (χ3n) is 4.22. The first-order valence-electron chi connectivity index (χ1n) is 8.99. The van der Waals surface area contributed by atoms with Crippen LogP contribution >= 0.6 is 23.2 Å². The van der Waals surface area contributed by atoms with Gasteiger partial charge in [-0.15, -0.1) is 0 Å². The molecular formula is C21H20Cl2N2O4. The number of carbonyl (C=O) groups is 2. The second-order valence-corrected chi connectivity index (χ2v) is 7.37. The van der Waals surface area contributed by atoms with Crippen molar-refractivity contribution in [2.45, 2.75) is 18.9 Å². The summed E-state index contributed by atoms with van der Waals surface area (Å²) < 4.78 is 11.0. The van der Waals surface area contributed by atoms with Crippen molar-refractivity contribution in [1.82, 2.24) is 10.6 Å². The first kappa shape index (κ1) is 21.0. The van der Waals surface area contributed by atoms with Crippen molar-refractivity contribution in [3.63, 3.8) is 0 Å². The minimum atomic E-state index is -0.584. The SMILES string of the molecule is C=C(CCNC(=O)C1Cc2cc(Cl)ccc2O1)NC(=O)COc1ccc(Cl)cc1. The van der Waals surface area contributed by atoms with Crippen molar-refractivity contribution in [2.24, 2.45) is 0 Å². The van der Waals surface area contributed by atoms with Gasteiger partial charge >= 0.3 is 0 Å². The average Bonchev–Trinajstić information content (AvgIpc) is 3.10. The number of amides is 2. The molecule has 0 spiro atoms. The Balaban J connectivity index is 1.34. The van der Waals surface area contributed by atoms with Crippen LogP contribution in [0, 0.1) is 0 Å². The van der Waals surface area contributed by atoms with Gasteiger partial charge < -0.3 is 20.1 Å². The molecule has 6 nitrogen and oxygen atoms in total. The number of halogens is 2. The molecule has 152 valence electrons. The maximum absolute atomic E-state index is 12.3. The molecule has 2 aromatic rings. The van der Waals surface area contributed by atoms with E-state index in [-0.39, 0.29) is 18.4 Å². The van der Waals surface area contributed by atoms with Crippen LogP contribution in [-0.4, -0.2) is 31.1 Å². The number of hydrogen-bond acceptors (Lipinski definition) is 4. The molecule has 1 atom stereocenters. The summed E-state index contributed by atoms with van der Waals surface area (Å²) in [5.74, 6) is 0.665. The van der Waals surface area contributed by atoms with Gasteiger partial charge in [-0.25, -0.2) is 0 Å². The molecule has 0 saturated heterocycles. The largest absolute Gasteiger partial charge is 0.484 e. The topological polar surface area (TPSA) is 76.7 Å². The molecule has 2 aromatic carbocycles. The summed E-state index contributed by atoms with van der Waals surface area (Å²) in [4.78, 5) is 24.2. The van der Waals surface area contributed by atoms with Gasteiger partial charge in [0, 0.05) is 35.1 Å². The Morgan fingerprint density at radius 1 is 1.14 bits per heavy atom. The minimum Gasteiger partial charge on any atom is -0.484 e. The summed E-state index contributed by atoms with van der Waals surface area (Å²) in [5.41, 5.74) is 1.40. The van der Waals surface area contributed by atoms with Crippen molar-refractivity contribution < 1.29 is 19.1 Å². The summed E-state index contributed by atoms with van der Waals surface area (Å²) in [7, 11) is 0. The third-order valence-corrected chi connectivity index (χ3v) is 4.70. The highest BCUT2D eigenvalue weighted by molar-refractivity contribution is 6.30. The van der Waals surface area contributed by atoms with Crippen LogP contribution in [0.4, 0.5) is 0 Å². The molecule has 0 saturated carbocycles. The van der Waals surface area contributed by atoms with E-state index in [9.17, 15) is 9.59 Å². The number of hydrogen-bond donors (Lipinski definition) is 2. The van der Waals surface area contributed by atoms with Crippen LogP contribution in [0.1, 0.15) is 12.0 Å². The lowest BCUT2D eigenvalue weighted by molar-refractivity contribution is -0.127. The number of rotatable bonds is 8. The smallest absolute Gasteiger partial charge is 0.262 e. The number of carbonyl (C=O) groups excluding carboxylic acids is 2. The van der Waals surface area contributed by atoms with Gasteiger partial charge in [0.25, 0.3) is 11.8 Å². The molecule has 2 N–H and O–H groups in total. The predicted octanol–water partition coefficient (Wildman–Crippen LogP) is 3.51. The van der Waals surface area contributed by atoms with Crippen molar-refractivity contribution in [3.05, 3.63) is 70.3 Å². The fourth-order valence-corrected chi connectivity index (χ4v) is 3.11. The van der Waals surface area contributed by atoms with Crippen molar-refractivity contribution in [2.75, 3.05) is 13.2 Å². The van der Waals surface area contributed by atoms with Gasteiger partial charge in [0.1, 0.15) is 11.5 Å². The molecule has 8 heteroatoms. The highest BCUT2D eigenvalue weighted by Gasteiger charge is 2.28. The van der Waals surface area contributed by atoms with Gasteiger partial charge in [-0.2, -0.15) is 0 Å². The predicted molar refractivity (Wildman–Crippen MR) is 111 cm³/mol. The fraction of sp³-hybridized carbons (Fsp3) is 0.238. The molecule has 1 heterocycles. The van der Waals surface area contributed by atoms with E-state index in [0.717, 1.165) is 5.56 Å². The molecule has 2 amide bonds. The average molecular weight is 435 g/mol. The molecule has 1 aliphatic rings. The van der Waals surface area contributed by atoms with Crippen molar-refractivity contribution in [1.29, 1.82) is 0 Å². The Hall–Kier alpha value is -2.70. The van der Waals surface area contributed by atoms with Crippen molar-refractivity contribution >= 4 is 35.0 Å². The van der Waals surface area contributed by atoms with Crippen LogP contribution in [0.5, 0.6) is 11.5 Å². The lowest BCUT2D eigenvalue weighted by Gasteiger charge is -2.13. The number of fused-ring (bicyclic) bond motifs is 1. The maximum Gasteiger partial charge on any atom is 0.262 e. The second kappa shape index (κ2) is 9.67. The van der Waals surface area contributed by atoms with E-state index in [0.29, 0.717) is 46.6 Å². The fourth-order valence-electron chi connectivity index (χ4n) is 2.79. The van der Waals surface area contributed by atoms with Crippen LogP contribution < -0.4 is 20.1 Å². The van der Waals surface area contributed by atoms with E-state index in [2.05, 4.69) is 17.2 Å². The van der Waals surface area contributed by atoms with Gasteiger partial charge in [0.15, 0.2) is 12.7 Å². The van der Waals surface area contributed by atoms with E-state index >= 15 is 0 Å². The molecule has 0 aliphatic carbocycles. The first-order chi connectivity index (χ1) is 13.9. The molecule has 0 bridgehead atoms. The molecule has 1 aliphatic heterocycles. The maximum atomic E-state index is 12.3. The van der Waals surface area contributed by atoms with Gasteiger partial charge in [-0.3, -0.25) is 9.59 Å². The quantitative estimate of drug-likeness (QED) is 0.666. The number of benzene rings is 2. The first-order valence-corrected chi connectivity index (χ1v) is 9.75. The molecule has 0 radical (unpaired) electrons. The Morgan fingerprint density at radius 3 is 2.62 bits per heavy atom. The summed E-state index contributed by atoms with van der Waals surface area (Å²) in [6, 6.07) is 12.0. The van der Waals surface area contributed by atoms with Crippen LogP contribution in [0.2, 0.25) is 10.0 Å². The third kappa shape index (κ3) is 6.14. The van der Waals surface area contributed by atoms with E-state index in [1.54, 1.807) is 42.5 Å². The Kier molecular flexibility index (Phi) is 7.01. The monoisotopic (exact) mass is 434 g/mol. The molecule has 3 rings (SSSR count). The van der Waals surface area contributed by atoms with E-state index in [1.165, 1.54) is 0 Å². The molecule has 0 fully saturated rings. The Morgan fingerprint density at radius 2 is 1.86 bits per heavy atom. The minimum absolute atomic E-state index is 0.149. The summed E-state index contributed by atoms with van der Waals surface area (Å²) in [6.45, 7) is 3.97. The summed E-state index contributed by atoms with van der Waals surface area (Å²) >= 11 is 11.8. The van der Waals surface area contributed by atoms with Gasteiger partial charge in [-0.05, 0) is 48.0 Å². The van der Waals surface area contributed by atoms with Crippen molar-refractivity contribution in [3.8, 4) is 11.5 Å². The summed E-state index contributed by atoms with van der Waals surface area (Å²) in [5, 5.41) is 6.63. The van der Waals surface area contributed by atoms with Crippen LogP contribution in [-0.2, 0) is 16.0 Å². The zero-order valence-electron chi connectivity index (χ0n) is 15.5. The molecule has 0 aromatic heterocycles. The second-order valence-electron chi connectivity index (χ2n) is 6.50. The summed E-state index contributed by atoms with van der Waals surface area (Å²) in [6.07, 6.45) is 0.282.